The Hall–Kier alpha value is -1.20. The molecule has 100 valence electrons. The van der Waals surface area contributed by atoms with Crippen molar-refractivity contribution in [1.29, 1.82) is 0 Å². The molecule has 2 N–H and O–H groups in total. The highest BCUT2D eigenvalue weighted by molar-refractivity contribution is 5.29. The highest BCUT2D eigenvalue weighted by Crippen LogP contribution is 2.22. The Balaban J connectivity index is 1.87. The molecule has 1 aliphatic rings. The number of nitrogens with one attached hydrogen (secondary N) is 1. The van der Waals surface area contributed by atoms with Crippen molar-refractivity contribution in [3.63, 3.8) is 0 Å². The Kier molecular flexibility index (Phi) is 4.14. The molecule has 0 amide bonds. The molecular weight excluding hydrogens is 240 g/mol. The van der Waals surface area contributed by atoms with E-state index >= 15 is 0 Å². The maximum absolute atomic E-state index is 13.1. The molecule has 2 atom stereocenters. The van der Waals surface area contributed by atoms with Crippen LogP contribution in [0, 0.1) is 17.6 Å². The van der Waals surface area contributed by atoms with Crippen molar-refractivity contribution in [2.24, 2.45) is 5.92 Å². The Bertz CT molecular complexity index is 402. The van der Waals surface area contributed by atoms with Crippen molar-refractivity contribution in [3.8, 4) is 5.75 Å². The quantitative estimate of drug-likeness (QED) is 0.868. The fourth-order valence-electron chi connectivity index (χ4n) is 2.17. The lowest BCUT2D eigenvalue weighted by Gasteiger charge is -2.14. The van der Waals surface area contributed by atoms with Gasteiger partial charge in [-0.1, -0.05) is 0 Å². The van der Waals surface area contributed by atoms with Crippen molar-refractivity contribution in [3.05, 3.63) is 29.3 Å². The highest BCUT2D eigenvalue weighted by atomic mass is 19.1. The second kappa shape index (κ2) is 5.63. The molecule has 0 radical (unpaired) electrons. The molecule has 1 aromatic carbocycles. The van der Waals surface area contributed by atoms with E-state index < -0.39 is 17.4 Å². The van der Waals surface area contributed by atoms with E-state index in [1.165, 1.54) is 0 Å². The summed E-state index contributed by atoms with van der Waals surface area (Å²) in [4.78, 5) is 0. The maximum Gasteiger partial charge on any atom is 0.187 e. The molecule has 1 aromatic rings. The number of benzene rings is 1. The van der Waals surface area contributed by atoms with E-state index in [-0.39, 0.29) is 6.10 Å². The van der Waals surface area contributed by atoms with Crippen LogP contribution < -0.4 is 5.32 Å². The number of hydrogen-bond donors (Lipinski definition) is 2. The summed E-state index contributed by atoms with van der Waals surface area (Å²) in [5.74, 6) is -2.33. The smallest absolute Gasteiger partial charge is 0.187 e. The van der Waals surface area contributed by atoms with Gasteiger partial charge in [0, 0.05) is 19.7 Å². The zero-order valence-electron chi connectivity index (χ0n) is 10.2. The Labute approximate surface area is 105 Å². The van der Waals surface area contributed by atoms with Gasteiger partial charge in [-0.2, -0.15) is 0 Å². The predicted octanol–water partition coefficient (Wildman–Crippen LogP) is 2.18. The van der Waals surface area contributed by atoms with Gasteiger partial charge in [0.25, 0.3) is 0 Å². The lowest BCUT2D eigenvalue weighted by molar-refractivity contribution is 0.105. The highest BCUT2D eigenvalue weighted by Gasteiger charge is 2.23. The van der Waals surface area contributed by atoms with Gasteiger partial charge in [-0.25, -0.2) is 8.78 Å². The number of phenols is 1. The number of hydrogen-bond acceptors (Lipinski definition) is 3. The van der Waals surface area contributed by atoms with E-state index in [9.17, 15) is 8.78 Å². The Morgan fingerprint density at radius 2 is 2.06 bits per heavy atom. The average molecular weight is 257 g/mol. The van der Waals surface area contributed by atoms with Gasteiger partial charge in [-0.05, 0) is 37.0 Å². The van der Waals surface area contributed by atoms with Gasteiger partial charge in [-0.15, -0.1) is 0 Å². The van der Waals surface area contributed by atoms with E-state index in [2.05, 4.69) is 5.32 Å². The molecular formula is C13H17F2NO2. The summed E-state index contributed by atoms with van der Waals surface area (Å²) in [5.41, 5.74) is 0.481. The lowest BCUT2D eigenvalue weighted by atomic mass is 10.0. The second-order valence-electron chi connectivity index (χ2n) is 4.66. The van der Waals surface area contributed by atoms with Gasteiger partial charge in [0.05, 0.1) is 6.10 Å². The normalized spacial score (nSPS) is 23.5. The summed E-state index contributed by atoms with van der Waals surface area (Å²) in [5, 5.41) is 12.1. The van der Waals surface area contributed by atoms with Gasteiger partial charge in [-0.3, -0.25) is 0 Å². The van der Waals surface area contributed by atoms with E-state index in [1.807, 2.05) is 6.92 Å². The van der Waals surface area contributed by atoms with E-state index in [0.29, 0.717) is 18.0 Å². The lowest BCUT2D eigenvalue weighted by Crippen LogP contribution is -2.26. The van der Waals surface area contributed by atoms with Gasteiger partial charge in [0.2, 0.25) is 0 Å². The fraction of sp³-hybridized carbons (Fsp3) is 0.538. The third-order valence-electron chi connectivity index (χ3n) is 3.35. The first kappa shape index (κ1) is 13.2. The van der Waals surface area contributed by atoms with Crippen molar-refractivity contribution in [2.45, 2.75) is 26.0 Å². The molecule has 1 saturated heterocycles. The zero-order chi connectivity index (χ0) is 13.1. The summed E-state index contributed by atoms with van der Waals surface area (Å²) >= 11 is 0. The van der Waals surface area contributed by atoms with Crippen LogP contribution in [-0.4, -0.2) is 24.4 Å². The van der Waals surface area contributed by atoms with Crippen LogP contribution in [0.2, 0.25) is 0 Å². The molecule has 0 aromatic heterocycles. The molecule has 1 heterocycles. The van der Waals surface area contributed by atoms with Gasteiger partial charge < -0.3 is 15.2 Å². The van der Waals surface area contributed by atoms with Gasteiger partial charge >= 0.3 is 0 Å². The first-order valence-electron chi connectivity index (χ1n) is 6.07. The number of halogens is 2. The molecule has 3 nitrogen and oxygen atoms in total. The van der Waals surface area contributed by atoms with Crippen LogP contribution in [0.3, 0.4) is 0 Å². The van der Waals surface area contributed by atoms with E-state index in [1.54, 1.807) is 0 Å². The molecule has 0 spiro atoms. The van der Waals surface area contributed by atoms with Crippen molar-refractivity contribution >= 4 is 0 Å². The largest absolute Gasteiger partial charge is 0.503 e. The van der Waals surface area contributed by atoms with Crippen molar-refractivity contribution < 1.29 is 18.6 Å². The van der Waals surface area contributed by atoms with Crippen LogP contribution in [0.25, 0.3) is 0 Å². The first-order chi connectivity index (χ1) is 8.58. The predicted molar refractivity (Wildman–Crippen MR) is 63.3 cm³/mol. The number of phenolic OH excluding ortho intramolecular Hbond substituents is 1. The third-order valence-corrected chi connectivity index (χ3v) is 3.35. The molecule has 0 bridgehead atoms. The zero-order valence-corrected chi connectivity index (χ0v) is 10.2. The molecule has 2 rings (SSSR count). The molecule has 0 aliphatic carbocycles. The van der Waals surface area contributed by atoms with Crippen LogP contribution >= 0.6 is 0 Å². The van der Waals surface area contributed by atoms with Crippen LogP contribution in [0.15, 0.2) is 12.1 Å². The molecule has 18 heavy (non-hydrogen) atoms. The minimum Gasteiger partial charge on any atom is -0.503 e. The molecule has 5 heteroatoms. The van der Waals surface area contributed by atoms with Crippen molar-refractivity contribution in [2.75, 3.05) is 13.2 Å². The minimum absolute atomic E-state index is 0.228. The fourth-order valence-corrected chi connectivity index (χ4v) is 2.17. The number of ether oxygens (including phenoxy) is 1. The van der Waals surface area contributed by atoms with Crippen LogP contribution in [-0.2, 0) is 11.3 Å². The summed E-state index contributed by atoms with van der Waals surface area (Å²) in [6.45, 7) is 3.93. The average Bonchev–Trinajstić information content (AvgIpc) is 2.72. The third kappa shape index (κ3) is 2.97. The standard InChI is InChI=1S/C13H17F2NO2/c1-8-10(2-3-18-8)7-16-6-9-4-11(14)13(17)12(15)5-9/h4-5,8,10,16-17H,2-3,6-7H2,1H3. The van der Waals surface area contributed by atoms with Crippen LogP contribution in [0.1, 0.15) is 18.9 Å². The summed E-state index contributed by atoms with van der Waals surface area (Å²) < 4.78 is 31.6. The Morgan fingerprint density at radius 3 is 2.61 bits per heavy atom. The van der Waals surface area contributed by atoms with E-state index in [4.69, 9.17) is 9.84 Å². The molecule has 1 aliphatic heterocycles. The molecule has 1 fully saturated rings. The Morgan fingerprint density at radius 1 is 1.39 bits per heavy atom. The monoisotopic (exact) mass is 257 g/mol. The van der Waals surface area contributed by atoms with Gasteiger partial charge in [0.1, 0.15) is 0 Å². The summed E-state index contributed by atoms with van der Waals surface area (Å²) in [6, 6.07) is 2.28. The number of aromatic hydroxyl groups is 1. The first-order valence-corrected chi connectivity index (χ1v) is 6.07. The summed E-state index contributed by atoms with van der Waals surface area (Å²) in [6.07, 6.45) is 1.23. The number of rotatable bonds is 4. The molecule has 2 unspecified atom stereocenters. The molecule has 0 saturated carbocycles. The van der Waals surface area contributed by atoms with Crippen LogP contribution in [0.4, 0.5) is 8.78 Å². The summed E-state index contributed by atoms with van der Waals surface area (Å²) in [7, 11) is 0. The SMILES string of the molecule is CC1OCCC1CNCc1cc(F)c(O)c(F)c1. The van der Waals surface area contributed by atoms with Crippen LogP contribution in [0.5, 0.6) is 5.75 Å². The minimum atomic E-state index is -0.927. The second-order valence-corrected chi connectivity index (χ2v) is 4.66. The maximum atomic E-state index is 13.1. The van der Waals surface area contributed by atoms with E-state index in [0.717, 1.165) is 31.7 Å². The van der Waals surface area contributed by atoms with Crippen molar-refractivity contribution in [1.82, 2.24) is 5.32 Å². The van der Waals surface area contributed by atoms with Gasteiger partial charge in [0.15, 0.2) is 17.4 Å². The topological polar surface area (TPSA) is 41.5 Å².